The lowest BCUT2D eigenvalue weighted by Crippen LogP contribution is -2.23. The Kier molecular flexibility index (Phi) is 8.10. The van der Waals surface area contributed by atoms with Crippen molar-refractivity contribution in [1.29, 1.82) is 0 Å². The van der Waals surface area contributed by atoms with Crippen LogP contribution in [0.5, 0.6) is 17.2 Å². The molecule has 0 saturated carbocycles. The number of benzene rings is 1. The summed E-state index contributed by atoms with van der Waals surface area (Å²) in [7, 11) is 4.61. The maximum absolute atomic E-state index is 11.8. The van der Waals surface area contributed by atoms with Gasteiger partial charge in [0.25, 0.3) is 0 Å². The highest BCUT2D eigenvalue weighted by molar-refractivity contribution is 7.99. The largest absolute Gasteiger partial charge is 0.493 e. The quantitative estimate of drug-likeness (QED) is 0.614. The molecule has 0 radical (unpaired) electrons. The Hall–Kier alpha value is -2.09. The van der Waals surface area contributed by atoms with E-state index in [1.54, 1.807) is 12.1 Å². The zero-order valence-corrected chi connectivity index (χ0v) is 14.3. The molecule has 3 N–H and O–H groups in total. The lowest BCUT2D eigenvalue weighted by Gasteiger charge is -2.14. The predicted octanol–water partition coefficient (Wildman–Crippen LogP) is 0.937. The molecule has 1 aromatic rings. The average molecular weight is 342 g/mol. The number of carbonyl (C=O) groups is 2. The molecule has 1 rings (SSSR count). The van der Waals surface area contributed by atoms with Gasteiger partial charge in [0.05, 0.1) is 27.1 Å². The predicted molar refractivity (Wildman–Crippen MR) is 89.1 cm³/mol. The third kappa shape index (κ3) is 6.27. The molecule has 0 unspecified atom stereocenters. The van der Waals surface area contributed by atoms with Crippen LogP contribution in [-0.2, 0) is 16.1 Å². The monoisotopic (exact) mass is 342 g/mol. The van der Waals surface area contributed by atoms with Crippen LogP contribution >= 0.6 is 11.8 Å². The smallest absolute Gasteiger partial charge is 0.227 e. The molecular formula is C15H22N2O5S. The van der Waals surface area contributed by atoms with Gasteiger partial charge in [-0.1, -0.05) is 0 Å². The van der Waals surface area contributed by atoms with Crippen molar-refractivity contribution in [3.05, 3.63) is 17.7 Å². The molecule has 2 amide bonds. The Morgan fingerprint density at radius 1 is 1.13 bits per heavy atom. The van der Waals surface area contributed by atoms with Crippen molar-refractivity contribution < 1.29 is 23.8 Å². The molecule has 0 atom stereocenters. The van der Waals surface area contributed by atoms with E-state index in [0.29, 0.717) is 36.0 Å². The first kappa shape index (κ1) is 19.0. The molecule has 0 aliphatic rings. The van der Waals surface area contributed by atoms with Crippen LogP contribution in [0.2, 0.25) is 0 Å². The molecule has 0 aliphatic heterocycles. The van der Waals surface area contributed by atoms with Crippen LogP contribution in [0.25, 0.3) is 0 Å². The number of primary amides is 1. The standard InChI is InChI=1S/C15H22N2O5S/c1-20-11-6-10(7-12(21-2)15(11)22-3)8-17-14(19)4-5-23-9-13(16)18/h6-7H,4-5,8-9H2,1-3H3,(H2,16,18)(H,17,19). The first-order chi connectivity index (χ1) is 11.0. The van der Waals surface area contributed by atoms with Gasteiger partial charge in [0.2, 0.25) is 17.6 Å². The molecule has 0 aromatic heterocycles. The van der Waals surface area contributed by atoms with Gasteiger partial charge >= 0.3 is 0 Å². The number of thioether (sulfide) groups is 1. The van der Waals surface area contributed by atoms with Crippen LogP contribution in [0.15, 0.2) is 12.1 Å². The van der Waals surface area contributed by atoms with Crippen molar-refractivity contribution in [3.63, 3.8) is 0 Å². The summed E-state index contributed by atoms with van der Waals surface area (Å²) in [6.07, 6.45) is 0.322. The van der Waals surface area contributed by atoms with E-state index in [0.717, 1.165) is 5.56 Å². The Morgan fingerprint density at radius 3 is 2.22 bits per heavy atom. The molecule has 0 saturated heterocycles. The molecule has 0 aliphatic carbocycles. The highest BCUT2D eigenvalue weighted by atomic mass is 32.2. The molecule has 0 fully saturated rings. The van der Waals surface area contributed by atoms with Crippen molar-refractivity contribution in [3.8, 4) is 17.2 Å². The van der Waals surface area contributed by atoms with E-state index in [2.05, 4.69) is 5.32 Å². The molecule has 0 spiro atoms. The van der Waals surface area contributed by atoms with Gasteiger partial charge in [0.1, 0.15) is 0 Å². The minimum atomic E-state index is -0.382. The van der Waals surface area contributed by atoms with Crippen molar-refractivity contribution >= 4 is 23.6 Å². The maximum Gasteiger partial charge on any atom is 0.227 e. The number of ether oxygens (including phenoxy) is 3. The number of nitrogens with one attached hydrogen (secondary N) is 1. The van der Waals surface area contributed by atoms with Crippen LogP contribution in [0.3, 0.4) is 0 Å². The summed E-state index contributed by atoms with van der Waals surface area (Å²) in [4.78, 5) is 22.4. The van der Waals surface area contributed by atoms with Gasteiger partial charge in [-0.15, -0.1) is 0 Å². The summed E-state index contributed by atoms with van der Waals surface area (Å²) < 4.78 is 15.8. The summed E-state index contributed by atoms with van der Waals surface area (Å²) in [5.74, 6) is 1.86. The maximum atomic E-state index is 11.8. The third-order valence-corrected chi connectivity index (χ3v) is 3.91. The van der Waals surface area contributed by atoms with Gasteiger partial charge in [-0.3, -0.25) is 9.59 Å². The topological polar surface area (TPSA) is 99.9 Å². The summed E-state index contributed by atoms with van der Waals surface area (Å²) in [5.41, 5.74) is 5.86. The van der Waals surface area contributed by atoms with Gasteiger partial charge in [0, 0.05) is 18.7 Å². The Bertz CT molecular complexity index is 526. The van der Waals surface area contributed by atoms with Crippen LogP contribution in [0.4, 0.5) is 0 Å². The molecule has 8 heteroatoms. The van der Waals surface area contributed by atoms with Gasteiger partial charge in [-0.25, -0.2) is 0 Å². The average Bonchev–Trinajstić information content (AvgIpc) is 2.55. The summed E-state index contributed by atoms with van der Waals surface area (Å²) >= 11 is 1.34. The van der Waals surface area contributed by atoms with Crippen LogP contribution in [0.1, 0.15) is 12.0 Å². The fourth-order valence-corrected chi connectivity index (χ4v) is 2.54. The lowest BCUT2D eigenvalue weighted by atomic mass is 10.1. The molecule has 7 nitrogen and oxygen atoms in total. The molecule has 0 heterocycles. The highest BCUT2D eigenvalue weighted by Crippen LogP contribution is 2.38. The first-order valence-electron chi connectivity index (χ1n) is 6.93. The van der Waals surface area contributed by atoms with Crippen molar-refractivity contribution in [2.75, 3.05) is 32.8 Å². The zero-order chi connectivity index (χ0) is 17.2. The Morgan fingerprint density at radius 2 is 1.74 bits per heavy atom. The van der Waals surface area contributed by atoms with Crippen LogP contribution in [0, 0.1) is 0 Å². The molecule has 23 heavy (non-hydrogen) atoms. The fraction of sp³-hybridized carbons (Fsp3) is 0.467. The minimum Gasteiger partial charge on any atom is -0.493 e. The number of carbonyl (C=O) groups excluding carboxylic acids is 2. The number of amides is 2. The van der Waals surface area contributed by atoms with E-state index in [1.165, 1.54) is 33.1 Å². The highest BCUT2D eigenvalue weighted by Gasteiger charge is 2.13. The number of methoxy groups -OCH3 is 3. The molecule has 0 bridgehead atoms. The van der Waals surface area contributed by atoms with E-state index in [-0.39, 0.29) is 17.6 Å². The summed E-state index contributed by atoms with van der Waals surface area (Å²) in [6, 6.07) is 3.56. The van der Waals surface area contributed by atoms with Gasteiger partial charge in [0.15, 0.2) is 11.5 Å². The van der Waals surface area contributed by atoms with E-state index in [4.69, 9.17) is 19.9 Å². The van der Waals surface area contributed by atoms with Gasteiger partial charge in [-0.2, -0.15) is 11.8 Å². The van der Waals surface area contributed by atoms with E-state index in [1.807, 2.05) is 0 Å². The molecule has 1 aromatic carbocycles. The Labute approximate surface area is 139 Å². The van der Waals surface area contributed by atoms with Crippen molar-refractivity contribution in [2.45, 2.75) is 13.0 Å². The van der Waals surface area contributed by atoms with Crippen LogP contribution < -0.4 is 25.3 Å². The normalized spacial score (nSPS) is 10.0. The van der Waals surface area contributed by atoms with Gasteiger partial charge in [-0.05, 0) is 17.7 Å². The van der Waals surface area contributed by atoms with Crippen LogP contribution in [-0.4, -0.2) is 44.6 Å². The number of hydrogen-bond acceptors (Lipinski definition) is 6. The fourth-order valence-electron chi connectivity index (χ4n) is 1.86. The number of rotatable bonds is 10. The van der Waals surface area contributed by atoms with Crippen molar-refractivity contribution in [2.24, 2.45) is 5.73 Å². The summed E-state index contributed by atoms with van der Waals surface area (Å²) in [5, 5.41) is 2.81. The third-order valence-electron chi connectivity index (χ3n) is 2.93. The second-order valence-electron chi connectivity index (χ2n) is 4.58. The van der Waals surface area contributed by atoms with E-state index in [9.17, 15) is 9.59 Å². The minimum absolute atomic E-state index is 0.101. The lowest BCUT2D eigenvalue weighted by molar-refractivity contribution is -0.121. The summed E-state index contributed by atoms with van der Waals surface area (Å²) in [6.45, 7) is 0.343. The number of nitrogens with two attached hydrogens (primary N) is 1. The molecule has 128 valence electrons. The molecular weight excluding hydrogens is 320 g/mol. The van der Waals surface area contributed by atoms with E-state index >= 15 is 0 Å². The second-order valence-corrected chi connectivity index (χ2v) is 5.68. The zero-order valence-electron chi connectivity index (χ0n) is 13.5. The van der Waals surface area contributed by atoms with Crippen molar-refractivity contribution in [1.82, 2.24) is 5.32 Å². The number of hydrogen-bond donors (Lipinski definition) is 2. The first-order valence-corrected chi connectivity index (χ1v) is 8.09. The Balaban J connectivity index is 2.57. The van der Waals surface area contributed by atoms with E-state index < -0.39 is 0 Å². The second kappa shape index (κ2) is 9.83. The SMILES string of the molecule is COc1cc(CNC(=O)CCSCC(N)=O)cc(OC)c1OC. The van der Waals surface area contributed by atoms with Gasteiger partial charge < -0.3 is 25.3 Å².